The van der Waals surface area contributed by atoms with Crippen LogP contribution in [0.5, 0.6) is 0 Å². The first-order valence-electron chi connectivity index (χ1n) is 29.8. The minimum absolute atomic E-state index is 0.0528. The van der Waals surface area contributed by atoms with Crippen molar-refractivity contribution in [2.24, 2.45) is 17.8 Å². The van der Waals surface area contributed by atoms with Gasteiger partial charge in [-0.1, -0.05) is 107 Å². The van der Waals surface area contributed by atoms with Crippen molar-refractivity contribution in [1.29, 1.82) is 0 Å². The lowest BCUT2D eigenvalue weighted by Gasteiger charge is -2.34. The SMILES string of the molecule is CCCCCCCC[C@H](NC(=O)[C@@H]1CCCN1C(=O)CCCCC)C(=O)N[C@@H](CC(C)C)C(=O)NC(C)(C)C(=O)N[C@@H](CC(C)C)C(=O)N[C@@H](CC(C)C)C(=O)NC(C)(C)C(=O)NC(C)(C)C(=O)NCCC(=O)N(C)CCN(C)C. The molecule has 0 bridgehead atoms. The fraction of sp³-hybridized carbons (Fsp3) is 0.831. The van der Waals surface area contributed by atoms with Crippen LogP contribution in [0.2, 0.25) is 0 Å². The molecule has 0 saturated carbocycles. The molecule has 1 rings (SSSR count). The largest absolute Gasteiger partial charge is 0.354 e. The average Bonchev–Trinajstić information content (AvgIpc) is 3.85. The third-order valence-electron chi connectivity index (χ3n) is 14.3. The number of hydrogen-bond donors (Lipinski definition) is 8. The third-order valence-corrected chi connectivity index (χ3v) is 14.3. The molecule has 21 nitrogen and oxygen atoms in total. The Labute approximate surface area is 480 Å². The summed E-state index contributed by atoms with van der Waals surface area (Å²) in [6.45, 7) is 26.1. The molecule has 8 N–H and O–H groups in total. The number of nitrogens with one attached hydrogen (secondary N) is 8. The van der Waals surface area contributed by atoms with E-state index >= 15 is 0 Å². The van der Waals surface area contributed by atoms with Crippen LogP contribution in [0, 0.1) is 17.8 Å². The van der Waals surface area contributed by atoms with E-state index in [0.29, 0.717) is 51.7 Å². The van der Waals surface area contributed by atoms with Crippen molar-refractivity contribution in [3.8, 4) is 0 Å². The number of unbranched alkanes of at least 4 members (excludes halogenated alkanes) is 7. The summed E-state index contributed by atoms with van der Waals surface area (Å²) in [7, 11) is 5.51. The lowest BCUT2D eigenvalue weighted by atomic mass is 9.96. The standard InChI is InChI=1S/C59H109N11O10/c1-18-20-22-23-24-26-28-42(61-53(77)46-29-27-33-70(46)48(72)30-25-21-19-2)49(73)62-44(37-40(5)6)51(75)65-58(11,12)55(79)64-43(36-39(3)4)50(74)63-45(38-41(7)8)52(76)66-59(13,14)56(80)67-57(9,10)54(78)60-32-31-47(71)69(17)35-34-68(15)16/h39-46H,18-38H2,1-17H3,(H,60,78)(H,61,77)(H,62,73)(H,63,74)(H,64,79)(H,65,75)(H,66,76)(H,67,80)/t42-,43-,44-,45-,46-/m0/s1. The Kier molecular flexibility index (Phi) is 32.3. The summed E-state index contributed by atoms with van der Waals surface area (Å²) in [4.78, 5) is 143. The van der Waals surface area contributed by atoms with Crippen LogP contribution in [0.25, 0.3) is 0 Å². The van der Waals surface area contributed by atoms with Gasteiger partial charge in [0.05, 0.1) is 0 Å². The first kappa shape index (κ1) is 72.7. The van der Waals surface area contributed by atoms with Gasteiger partial charge >= 0.3 is 0 Å². The number of likely N-dealkylation sites (N-methyl/N-ethyl adjacent to an activating group) is 2. The number of nitrogens with zero attached hydrogens (tertiary/aromatic N) is 3. The Morgan fingerprint density at radius 1 is 0.512 bits per heavy atom. The van der Waals surface area contributed by atoms with Crippen LogP contribution in [-0.2, 0) is 47.9 Å². The molecule has 460 valence electrons. The molecule has 5 atom stereocenters. The summed E-state index contributed by atoms with van der Waals surface area (Å²) in [6, 6.07) is -5.08. The minimum Gasteiger partial charge on any atom is -0.354 e. The van der Waals surface area contributed by atoms with E-state index < -0.39 is 94.1 Å². The Hall–Kier alpha value is -5.34. The monoisotopic (exact) mass is 1130 g/mol. The fourth-order valence-electron chi connectivity index (χ4n) is 9.24. The van der Waals surface area contributed by atoms with Gasteiger partial charge in [-0.3, -0.25) is 47.9 Å². The lowest BCUT2D eigenvalue weighted by Crippen LogP contribution is -2.65. The number of hydrogen-bond acceptors (Lipinski definition) is 11. The van der Waals surface area contributed by atoms with Crippen LogP contribution in [0.15, 0.2) is 0 Å². The summed E-state index contributed by atoms with van der Waals surface area (Å²) in [6.07, 6.45) is 10.8. The van der Waals surface area contributed by atoms with Crippen molar-refractivity contribution in [1.82, 2.24) is 57.2 Å². The maximum absolute atomic E-state index is 14.3. The maximum Gasteiger partial charge on any atom is 0.246 e. The topological polar surface area (TPSA) is 277 Å². The molecule has 10 amide bonds. The van der Waals surface area contributed by atoms with Gasteiger partial charge in [-0.25, -0.2) is 0 Å². The van der Waals surface area contributed by atoms with Gasteiger partial charge in [0.1, 0.15) is 46.8 Å². The van der Waals surface area contributed by atoms with Crippen LogP contribution >= 0.6 is 0 Å². The molecule has 0 aromatic rings. The van der Waals surface area contributed by atoms with Crippen LogP contribution in [0.3, 0.4) is 0 Å². The summed E-state index contributed by atoms with van der Waals surface area (Å²) >= 11 is 0. The van der Waals surface area contributed by atoms with Gasteiger partial charge in [0.25, 0.3) is 0 Å². The van der Waals surface area contributed by atoms with Crippen LogP contribution < -0.4 is 42.5 Å². The molecular weight excluding hydrogens is 1020 g/mol. The number of amides is 10. The summed E-state index contributed by atoms with van der Waals surface area (Å²) < 4.78 is 0. The Morgan fingerprint density at radius 2 is 0.975 bits per heavy atom. The summed E-state index contributed by atoms with van der Waals surface area (Å²) in [5, 5.41) is 22.4. The highest BCUT2D eigenvalue weighted by Gasteiger charge is 2.41. The molecule has 0 spiro atoms. The zero-order valence-electron chi connectivity index (χ0n) is 52.4. The van der Waals surface area contributed by atoms with Crippen molar-refractivity contribution >= 4 is 59.1 Å². The molecule has 1 fully saturated rings. The molecule has 1 saturated heterocycles. The van der Waals surface area contributed by atoms with E-state index in [9.17, 15) is 47.9 Å². The Morgan fingerprint density at radius 3 is 1.49 bits per heavy atom. The minimum atomic E-state index is -1.62. The van der Waals surface area contributed by atoms with E-state index in [2.05, 4.69) is 56.4 Å². The fourth-order valence-corrected chi connectivity index (χ4v) is 9.24. The Balaban J connectivity index is 3.25. The second-order valence-electron chi connectivity index (χ2n) is 25.3. The molecule has 0 aromatic carbocycles. The van der Waals surface area contributed by atoms with E-state index in [4.69, 9.17) is 0 Å². The van der Waals surface area contributed by atoms with E-state index in [1.165, 1.54) is 41.5 Å². The van der Waals surface area contributed by atoms with Gasteiger partial charge in [-0.15, -0.1) is 0 Å². The molecule has 0 unspecified atom stereocenters. The van der Waals surface area contributed by atoms with Crippen molar-refractivity contribution in [3.05, 3.63) is 0 Å². The normalized spacial score (nSPS) is 15.4. The van der Waals surface area contributed by atoms with Gasteiger partial charge in [0.15, 0.2) is 0 Å². The van der Waals surface area contributed by atoms with Gasteiger partial charge in [0, 0.05) is 46.1 Å². The predicted octanol–water partition coefficient (Wildman–Crippen LogP) is 4.60. The number of likely N-dealkylation sites (tertiary alicyclic amines) is 1. The predicted molar refractivity (Wildman–Crippen MR) is 313 cm³/mol. The first-order chi connectivity index (χ1) is 37.2. The zero-order chi connectivity index (χ0) is 61.1. The van der Waals surface area contributed by atoms with Crippen LogP contribution in [0.1, 0.15) is 206 Å². The molecule has 1 heterocycles. The van der Waals surface area contributed by atoms with E-state index in [1.807, 2.05) is 60.5 Å². The third kappa shape index (κ3) is 27.0. The Bertz CT molecular complexity index is 2020. The highest BCUT2D eigenvalue weighted by Crippen LogP contribution is 2.21. The lowest BCUT2D eigenvalue weighted by molar-refractivity contribution is -0.140. The van der Waals surface area contributed by atoms with Gasteiger partial charge < -0.3 is 57.2 Å². The summed E-state index contributed by atoms with van der Waals surface area (Å²) in [5.41, 5.74) is -4.63. The quantitative estimate of drug-likeness (QED) is 0.0396. The molecular formula is C59H109N11O10. The molecule has 0 radical (unpaired) electrons. The highest BCUT2D eigenvalue weighted by molar-refractivity contribution is 6.00. The average molecular weight is 1130 g/mol. The van der Waals surface area contributed by atoms with Gasteiger partial charge in [0.2, 0.25) is 59.1 Å². The maximum atomic E-state index is 14.3. The molecule has 1 aliphatic rings. The number of carbonyl (C=O) groups excluding carboxylic acids is 10. The first-order valence-corrected chi connectivity index (χ1v) is 29.8. The van der Waals surface area contributed by atoms with Crippen LogP contribution in [0.4, 0.5) is 0 Å². The molecule has 1 aliphatic heterocycles. The van der Waals surface area contributed by atoms with E-state index in [0.717, 1.165) is 51.4 Å². The molecule has 80 heavy (non-hydrogen) atoms. The zero-order valence-corrected chi connectivity index (χ0v) is 52.4. The van der Waals surface area contributed by atoms with E-state index in [-0.39, 0.29) is 61.8 Å². The number of rotatable bonds is 38. The van der Waals surface area contributed by atoms with Crippen molar-refractivity contribution in [3.63, 3.8) is 0 Å². The number of carbonyl (C=O) groups is 10. The van der Waals surface area contributed by atoms with Crippen molar-refractivity contribution in [2.45, 2.75) is 253 Å². The summed E-state index contributed by atoms with van der Waals surface area (Å²) in [5.74, 6) is -5.34. The van der Waals surface area contributed by atoms with Gasteiger partial charge in [-0.05, 0) is 118 Å². The van der Waals surface area contributed by atoms with Crippen molar-refractivity contribution < 1.29 is 47.9 Å². The molecule has 0 aromatic heterocycles. The van der Waals surface area contributed by atoms with Crippen LogP contribution in [-0.4, -0.2) is 168 Å². The van der Waals surface area contributed by atoms with Crippen molar-refractivity contribution in [2.75, 3.05) is 47.3 Å². The highest BCUT2D eigenvalue weighted by atomic mass is 16.2. The second kappa shape index (κ2) is 35.5. The van der Waals surface area contributed by atoms with E-state index in [1.54, 1.807) is 16.8 Å². The van der Waals surface area contributed by atoms with Gasteiger partial charge in [-0.2, -0.15) is 0 Å². The second-order valence-corrected chi connectivity index (χ2v) is 25.3. The smallest absolute Gasteiger partial charge is 0.246 e. The molecule has 0 aliphatic carbocycles. The molecule has 21 heteroatoms.